The average molecular weight is 346 g/mol. The molecule has 5 heteroatoms. The summed E-state index contributed by atoms with van der Waals surface area (Å²) in [6, 6.07) is 11.2. The van der Waals surface area contributed by atoms with Crippen molar-refractivity contribution < 1.29 is 4.79 Å². The first-order valence-electron chi connectivity index (χ1n) is 6.82. The van der Waals surface area contributed by atoms with Gasteiger partial charge >= 0.3 is 0 Å². The van der Waals surface area contributed by atoms with Gasteiger partial charge in [-0.15, -0.1) is 0 Å². The number of rotatable bonds is 3. The number of amides is 1. The van der Waals surface area contributed by atoms with E-state index in [2.05, 4.69) is 26.2 Å². The number of nitrogen functional groups attached to an aromatic ring is 1. The van der Waals surface area contributed by atoms with Crippen LogP contribution in [0.3, 0.4) is 0 Å². The van der Waals surface area contributed by atoms with Gasteiger partial charge in [0, 0.05) is 10.2 Å². The van der Waals surface area contributed by atoms with Crippen LogP contribution in [0.4, 0.5) is 11.5 Å². The standard InChI is InChI=1S/C16H16BrN3O/c1-10-13(17)6-7-14(19-10)20-15(21)16(8-9-16)11-2-4-12(18)5-3-11/h2-7H,8-9,18H2,1H3,(H,19,20,21). The number of anilines is 2. The van der Waals surface area contributed by atoms with Crippen LogP contribution < -0.4 is 11.1 Å². The van der Waals surface area contributed by atoms with Gasteiger partial charge in [-0.05, 0) is 65.5 Å². The maximum Gasteiger partial charge on any atom is 0.236 e. The van der Waals surface area contributed by atoms with Gasteiger partial charge in [0.25, 0.3) is 0 Å². The van der Waals surface area contributed by atoms with Crippen LogP contribution in [0.25, 0.3) is 0 Å². The molecule has 1 heterocycles. The molecule has 2 aromatic rings. The molecule has 1 aromatic heterocycles. The molecule has 0 aliphatic heterocycles. The first-order chi connectivity index (χ1) is 10.0. The molecule has 1 fully saturated rings. The zero-order valence-corrected chi connectivity index (χ0v) is 13.3. The lowest BCUT2D eigenvalue weighted by Gasteiger charge is -2.16. The van der Waals surface area contributed by atoms with E-state index in [1.165, 1.54) is 0 Å². The minimum absolute atomic E-state index is 0.00138. The van der Waals surface area contributed by atoms with Gasteiger partial charge in [-0.25, -0.2) is 4.98 Å². The van der Waals surface area contributed by atoms with Crippen LogP contribution in [0.15, 0.2) is 40.9 Å². The third kappa shape index (κ3) is 2.65. The highest BCUT2D eigenvalue weighted by molar-refractivity contribution is 9.10. The van der Waals surface area contributed by atoms with Gasteiger partial charge in [0.2, 0.25) is 5.91 Å². The molecule has 0 radical (unpaired) electrons. The Morgan fingerprint density at radius 1 is 1.24 bits per heavy atom. The Morgan fingerprint density at radius 3 is 2.48 bits per heavy atom. The molecule has 3 rings (SSSR count). The predicted octanol–water partition coefficient (Wildman–Crippen LogP) is 3.41. The van der Waals surface area contributed by atoms with E-state index in [-0.39, 0.29) is 5.91 Å². The van der Waals surface area contributed by atoms with Crippen molar-refractivity contribution in [3.63, 3.8) is 0 Å². The predicted molar refractivity (Wildman–Crippen MR) is 87.1 cm³/mol. The quantitative estimate of drug-likeness (QED) is 0.837. The second-order valence-electron chi connectivity index (χ2n) is 5.42. The van der Waals surface area contributed by atoms with Crippen molar-refractivity contribution in [2.75, 3.05) is 11.1 Å². The van der Waals surface area contributed by atoms with E-state index in [1.54, 1.807) is 6.07 Å². The van der Waals surface area contributed by atoms with E-state index < -0.39 is 5.41 Å². The summed E-state index contributed by atoms with van der Waals surface area (Å²) in [5.74, 6) is 0.587. The number of nitrogens with one attached hydrogen (secondary N) is 1. The summed E-state index contributed by atoms with van der Waals surface area (Å²) in [6.07, 6.45) is 1.72. The average Bonchev–Trinajstić information content (AvgIpc) is 3.25. The van der Waals surface area contributed by atoms with Gasteiger partial charge < -0.3 is 11.1 Å². The van der Waals surface area contributed by atoms with Gasteiger partial charge in [0.15, 0.2) is 0 Å². The van der Waals surface area contributed by atoms with Crippen molar-refractivity contribution in [1.29, 1.82) is 0 Å². The van der Waals surface area contributed by atoms with Crippen LogP contribution in [-0.2, 0) is 10.2 Å². The Bertz CT molecular complexity index is 693. The molecule has 108 valence electrons. The largest absolute Gasteiger partial charge is 0.399 e. The van der Waals surface area contributed by atoms with E-state index >= 15 is 0 Å². The highest BCUT2D eigenvalue weighted by Gasteiger charge is 2.51. The summed E-state index contributed by atoms with van der Waals surface area (Å²) in [6.45, 7) is 1.90. The van der Waals surface area contributed by atoms with Crippen LogP contribution in [0.2, 0.25) is 0 Å². The lowest BCUT2D eigenvalue weighted by atomic mass is 9.95. The van der Waals surface area contributed by atoms with Gasteiger partial charge in [-0.2, -0.15) is 0 Å². The molecule has 0 saturated heterocycles. The first-order valence-corrected chi connectivity index (χ1v) is 7.61. The second kappa shape index (κ2) is 5.15. The molecule has 4 nitrogen and oxygen atoms in total. The molecule has 0 spiro atoms. The number of nitrogens with two attached hydrogens (primary N) is 1. The van der Waals surface area contributed by atoms with Crippen molar-refractivity contribution in [3.05, 3.63) is 52.1 Å². The molecule has 1 saturated carbocycles. The van der Waals surface area contributed by atoms with E-state index in [0.29, 0.717) is 11.5 Å². The van der Waals surface area contributed by atoms with E-state index in [0.717, 1.165) is 28.6 Å². The smallest absolute Gasteiger partial charge is 0.236 e. The molecule has 0 atom stereocenters. The fourth-order valence-corrected chi connectivity index (χ4v) is 2.64. The van der Waals surface area contributed by atoms with Crippen molar-refractivity contribution in [3.8, 4) is 0 Å². The Balaban J connectivity index is 1.81. The number of benzene rings is 1. The summed E-state index contributed by atoms with van der Waals surface area (Å²) < 4.78 is 0.931. The topological polar surface area (TPSA) is 68.0 Å². The molecular formula is C16H16BrN3O. The van der Waals surface area contributed by atoms with Crippen molar-refractivity contribution in [1.82, 2.24) is 4.98 Å². The van der Waals surface area contributed by atoms with Crippen molar-refractivity contribution in [2.45, 2.75) is 25.2 Å². The number of carbonyl (C=O) groups excluding carboxylic acids is 1. The highest BCUT2D eigenvalue weighted by atomic mass is 79.9. The SMILES string of the molecule is Cc1nc(NC(=O)C2(c3ccc(N)cc3)CC2)ccc1Br. The number of aryl methyl sites for hydroxylation is 1. The van der Waals surface area contributed by atoms with E-state index in [4.69, 9.17) is 5.73 Å². The normalized spacial score (nSPS) is 15.5. The number of halogens is 1. The maximum absolute atomic E-state index is 12.6. The zero-order chi connectivity index (χ0) is 15.0. The second-order valence-corrected chi connectivity index (χ2v) is 6.28. The minimum Gasteiger partial charge on any atom is -0.399 e. The Labute approximate surface area is 131 Å². The van der Waals surface area contributed by atoms with Crippen LogP contribution in [0.5, 0.6) is 0 Å². The molecule has 1 amide bonds. The fraction of sp³-hybridized carbons (Fsp3) is 0.250. The van der Waals surface area contributed by atoms with E-state index in [9.17, 15) is 4.79 Å². The number of hydrogen-bond acceptors (Lipinski definition) is 3. The maximum atomic E-state index is 12.6. The summed E-state index contributed by atoms with van der Waals surface area (Å²) in [5, 5.41) is 2.92. The van der Waals surface area contributed by atoms with Crippen LogP contribution in [-0.4, -0.2) is 10.9 Å². The lowest BCUT2D eigenvalue weighted by molar-refractivity contribution is -0.118. The van der Waals surface area contributed by atoms with Crippen LogP contribution in [0, 0.1) is 6.92 Å². The van der Waals surface area contributed by atoms with Gasteiger partial charge in [0.05, 0.1) is 11.1 Å². The minimum atomic E-state index is -0.420. The number of carbonyl (C=O) groups is 1. The zero-order valence-electron chi connectivity index (χ0n) is 11.7. The Morgan fingerprint density at radius 2 is 1.90 bits per heavy atom. The number of aromatic nitrogens is 1. The number of hydrogen-bond donors (Lipinski definition) is 2. The molecule has 1 aliphatic carbocycles. The molecule has 1 aromatic carbocycles. The fourth-order valence-electron chi connectivity index (χ4n) is 2.42. The summed E-state index contributed by atoms with van der Waals surface area (Å²) in [4.78, 5) is 16.9. The summed E-state index contributed by atoms with van der Waals surface area (Å²) in [7, 11) is 0. The molecule has 0 bridgehead atoms. The van der Waals surface area contributed by atoms with Crippen molar-refractivity contribution in [2.24, 2.45) is 0 Å². The Hall–Kier alpha value is -1.88. The van der Waals surface area contributed by atoms with Crippen LogP contribution in [0.1, 0.15) is 24.1 Å². The van der Waals surface area contributed by atoms with E-state index in [1.807, 2.05) is 37.3 Å². The van der Waals surface area contributed by atoms with Gasteiger partial charge in [-0.3, -0.25) is 4.79 Å². The first kappa shape index (κ1) is 14.1. The molecule has 3 N–H and O–H groups in total. The molecular weight excluding hydrogens is 330 g/mol. The monoisotopic (exact) mass is 345 g/mol. The molecule has 21 heavy (non-hydrogen) atoms. The molecule has 1 aliphatic rings. The lowest BCUT2D eigenvalue weighted by Crippen LogP contribution is -2.28. The molecule has 0 unspecified atom stereocenters. The van der Waals surface area contributed by atoms with Crippen molar-refractivity contribution >= 4 is 33.3 Å². The number of pyridine rings is 1. The number of nitrogens with zero attached hydrogens (tertiary/aromatic N) is 1. The Kier molecular flexibility index (Phi) is 3.45. The highest BCUT2D eigenvalue weighted by Crippen LogP contribution is 2.49. The van der Waals surface area contributed by atoms with Gasteiger partial charge in [0.1, 0.15) is 5.82 Å². The summed E-state index contributed by atoms with van der Waals surface area (Å²) in [5.41, 5.74) is 7.86. The third-order valence-electron chi connectivity index (χ3n) is 3.91. The third-order valence-corrected chi connectivity index (χ3v) is 4.75. The van der Waals surface area contributed by atoms with Crippen LogP contribution >= 0.6 is 15.9 Å². The van der Waals surface area contributed by atoms with Gasteiger partial charge in [-0.1, -0.05) is 12.1 Å². The summed E-state index contributed by atoms with van der Waals surface area (Å²) >= 11 is 3.40.